The van der Waals surface area contributed by atoms with Gasteiger partial charge in [-0.05, 0) is 32.2 Å². The zero-order valence-electron chi connectivity index (χ0n) is 16.4. The number of rotatable bonds is 6. The largest absolute Gasteiger partial charge is 0.383 e. The van der Waals surface area contributed by atoms with Gasteiger partial charge in [0.1, 0.15) is 11.5 Å². The Bertz CT molecular complexity index is 912. The van der Waals surface area contributed by atoms with Crippen LogP contribution in [0.3, 0.4) is 0 Å². The number of fused-ring (bicyclic) bond motifs is 1. The summed E-state index contributed by atoms with van der Waals surface area (Å²) >= 11 is 12.5. The predicted octanol–water partition coefficient (Wildman–Crippen LogP) is 3.00. The molecule has 1 aliphatic carbocycles. The van der Waals surface area contributed by atoms with Gasteiger partial charge < -0.3 is 22.1 Å². The van der Waals surface area contributed by atoms with Crippen molar-refractivity contribution in [3.05, 3.63) is 40.1 Å². The van der Waals surface area contributed by atoms with Gasteiger partial charge >= 0.3 is 0 Å². The lowest BCUT2D eigenvalue weighted by atomic mass is 9.81. The molecule has 0 radical (unpaired) electrons. The van der Waals surface area contributed by atoms with E-state index in [2.05, 4.69) is 16.5 Å². The van der Waals surface area contributed by atoms with E-state index in [-0.39, 0.29) is 32.6 Å². The van der Waals surface area contributed by atoms with Gasteiger partial charge in [-0.15, -0.1) is 0 Å². The van der Waals surface area contributed by atoms with Crippen molar-refractivity contribution in [2.24, 2.45) is 22.8 Å². The number of halogens is 2. The minimum atomic E-state index is -0.733. The zero-order valence-corrected chi connectivity index (χ0v) is 17.9. The smallest absolute Gasteiger partial charge is 0.268 e. The summed E-state index contributed by atoms with van der Waals surface area (Å²) < 4.78 is 0. The number of amides is 1. The average Bonchev–Trinajstić information content (AvgIpc) is 3.26. The van der Waals surface area contributed by atoms with Crippen molar-refractivity contribution >= 4 is 46.4 Å². The molecular formula is C20H26Cl2N6O. The quantitative estimate of drug-likeness (QED) is 0.588. The monoisotopic (exact) mass is 436 g/mol. The summed E-state index contributed by atoms with van der Waals surface area (Å²) in [4.78, 5) is 23.2. The number of hydrogen-bond acceptors (Lipinski definition) is 6. The molecule has 156 valence electrons. The third kappa shape index (κ3) is 3.74. The van der Waals surface area contributed by atoms with Crippen molar-refractivity contribution in [3.8, 4) is 0 Å². The fraction of sp³-hybridized carbons (Fsp3) is 0.450. The summed E-state index contributed by atoms with van der Waals surface area (Å²) in [5.41, 5.74) is 18.6. The number of nitrogens with zero attached hydrogens (tertiary/aromatic N) is 3. The van der Waals surface area contributed by atoms with Crippen LogP contribution in [0.2, 0.25) is 0 Å². The third-order valence-corrected chi connectivity index (χ3v) is 6.97. The first-order valence-electron chi connectivity index (χ1n) is 9.55. The first-order chi connectivity index (χ1) is 13.8. The van der Waals surface area contributed by atoms with E-state index in [9.17, 15) is 4.79 Å². The van der Waals surface area contributed by atoms with E-state index in [1.165, 1.54) is 12.5 Å². The minimum absolute atomic E-state index is 0.0139. The number of anilines is 2. The van der Waals surface area contributed by atoms with Gasteiger partial charge in [0.25, 0.3) is 5.91 Å². The van der Waals surface area contributed by atoms with E-state index in [1.54, 1.807) is 13.0 Å². The van der Waals surface area contributed by atoms with Crippen LogP contribution < -0.4 is 22.1 Å². The van der Waals surface area contributed by atoms with E-state index in [0.717, 1.165) is 25.9 Å². The van der Waals surface area contributed by atoms with E-state index in [1.807, 2.05) is 4.90 Å². The summed E-state index contributed by atoms with van der Waals surface area (Å²) in [5, 5.41) is 0.477. The van der Waals surface area contributed by atoms with Crippen LogP contribution in [0.15, 0.2) is 28.8 Å². The molecule has 1 amide bonds. The predicted molar refractivity (Wildman–Crippen MR) is 119 cm³/mol. The lowest BCUT2D eigenvalue weighted by molar-refractivity contribution is 0.0995. The maximum atomic E-state index is 12.2. The summed E-state index contributed by atoms with van der Waals surface area (Å²) in [5.74, 6) is 0.222. The Kier molecular flexibility index (Phi) is 6.22. The SMILES string of the molecule is C=C/C(=C(Cl)\C(Cl)=C/C)c1c(N)nc(N2C[C@H]3CCC[C@@]3(CN)C2)nc1C(N)=O. The maximum Gasteiger partial charge on any atom is 0.268 e. The van der Waals surface area contributed by atoms with Gasteiger partial charge in [0.2, 0.25) is 5.95 Å². The Balaban J connectivity index is 2.09. The minimum Gasteiger partial charge on any atom is -0.383 e. The lowest BCUT2D eigenvalue weighted by Gasteiger charge is -2.27. The molecule has 0 spiro atoms. The van der Waals surface area contributed by atoms with Crippen molar-refractivity contribution in [1.29, 1.82) is 0 Å². The molecule has 9 heteroatoms. The van der Waals surface area contributed by atoms with Crippen molar-refractivity contribution in [2.75, 3.05) is 30.3 Å². The second kappa shape index (κ2) is 8.34. The Morgan fingerprint density at radius 2 is 2.14 bits per heavy atom. The highest BCUT2D eigenvalue weighted by molar-refractivity contribution is 6.46. The van der Waals surface area contributed by atoms with Crippen molar-refractivity contribution in [1.82, 2.24) is 9.97 Å². The molecule has 1 saturated heterocycles. The van der Waals surface area contributed by atoms with E-state index in [4.69, 9.17) is 40.4 Å². The number of nitrogen functional groups attached to an aromatic ring is 1. The van der Waals surface area contributed by atoms with Gasteiger partial charge in [0.15, 0.2) is 0 Å². The normalized spacial score (nSPS) is 25.0. The Morgan fingerprint density at radius 1 is 1.41 bits per heavy atom. The molecule has 0 aromatic carbocycles. The molecule has 6 N–H and O–H groups in total. The fourth-order valence-electron chi connectivity index (χ4n) is 4.51. The number of primary amides is 1. The molecule has 7 nitrogen and oxygen atoms in total. The molecule has 2 fully saturated rings. The van der Waals surface area contributed by atoms with E-state index in [0.29, 0.717) is 24.0 Å². The number of carbonyl (C=O) groups excluding carboxylic acids is 1. The van der Waals surface area contributed by atoms with Gasteiger partial charge in [-0.25, -0.2) is 4.98 Å². The number of carbonyl (C=O) groups is 1. The van der Waals surface area contributed by atoms with Crippen LogP contribution in [0.1, 0.15) is 42.2 Å². The van der Waals surface area contributed by atoms with Crippen LogP contribution in [-0.2, 0) is 0 Å². The van der Waals surface area contributed by atoms with Crippen LogP contribution >= 0.6 is 23.2 Å². The number of aromatic nitrogens is 2. The topological polar surface area (TPSA) is 124 Å². The first kappa shape index (κ1) is 21.6. The molecule has 0 unspecified atom stereocenters. The van der Waals surface area contributed by atoms with Gasteiger partial charge in [0.05, 0.1) is 15.6 Å². The van der Waals surface area contributed by atoms with Crippen molar-refractivity contribution < 1.29 is 4.79 Å². The first-order valence-corrected chi connectivity index (χ1v) is 10.3. The molecule has 1 aromatic rings. The van der Waals surface area contributed by atoms with Gasteiger partial charge in [-0.2, -0.15) is 4.98 Å². The Labute approximate surface area is 180 Å². The number of nitrogens with two attached hydrogens (primary N) is 3. The highest BCUT2D eigenvalue weighted by Gasteiger charge is 2.49. The molecule has 1 aromatic heterocycles. The van der Waals surface area contributed by atoms with Crippen LogP contribution in [-0.4, -0.2) is 35.5 Å². The number of allylic oxidation sites excluding steroid dienone is 5. The summed E-state index contributed by atoms with van der Waals surface area (Å²) in [6.07, 6.45) is 6.48. The lowest BCUT2D eigenvalue weighted by Crippen LogP contribution is -2.35. The second-order valence-electron chi connectivity index (χ2n) is 7.60. The summed E-state index contributed by atoms with van der Waals surface area (Å²) in [7, 11) is 0. The highest BCUT2D eigenvalue weighted by atomic mass is 35.5. The zero-order chi connectivity index (χ0) is 21.3. The van der Waals surface area contributed by atoms with Crippen LogP contribution in [0.4, 0.5) is 11.8 Å². The van der Waals surface area contributed by atoms with Crippen molar-refractivity contribution in [2.45, 2.75) is 26.2 Å². The van der Waals surface area contributed by atoms with Gasteiger partial charge in [-0.1, -0.05) is 48.4 Å². The molecule has 2 aliphatic rings. The Hall–Kier alpha value is -2.09. The molecule has 0 bridgehead atoms. The summed E-state index contributed by atoms with van der Waals surface area (Å²) in [6.45, 7) is 7.63. The maximum absolute atomic E-state index is 12.2. The molecule has 1 saturated carbocycles. The molecule has 3 rings (SSSR count). The average molecular weight is 437 g/mol. The van der Waals surface area contributed by atoms with E-state index < -0.39 is 5.91 Å². The van der Waals surface area contributed by atoms with E-state index >= 15 is 0 Å². The molecule has 2 atom stereocenters. The van der Waals surface area contributed by atoms with Gasteiger partial charge in [0, 0.05) is 24.1 Å². The fourth-order valence-corrected chi connectivity index (χ4v) is 4.89. The van der Waals surface area contributed by atoms with Gasteiger partial charge in [-0.3, -0.25) is 4.79 Å². The second-order valence-corrected chi connectivity index (χ2v) is 8.39. The van der Waals surface area contributed by atoms with Crippen molar-refractivity contribution in [3.63, 3.8) is 0 Å². The molecular weight excluding hydrogens is 411 g/mol. The van der Waals surface area contributed by atoms with Crippen LogP contribution in [0.5, 0.6) is 0 Å². The Morgan fingerprint density at radius 3 is 2.69 bits per heavy atom. The van der Waals surface area contributed by atoms with Crippen LogP contribution in [0.25, 0.3) is 5.57 Å². The van der Waals surface area contributed by atoms with Crippen LogP contribution in [0, 0.1) is 11.3 Å². The third-order valence-electron chi connectivity index (χ3n) is 6.06. The molecule has 1 aliphatic heterocycles. The number of hydrogen-bond donors (Lipinski definition) is 3. The highest BCUT2D eigenvalue weighted by Crippen LogP contribution is 2.48. The standard InChI is InChI=1S/C20H26Cl2N6O/c1-3-12(15(22)13(21)4-2)14-16(18(25)29)26-19(27-17(14)24)28-8-11-6-5-7-20(11,9-23)10-28/h3-4,11H,1,5-10,23H2,2H3,(H2,25,29)(H2,24,26,27)/b13-4+,15-12-/t11-,20-/m1/s1. The molecule has 2 heterocycles. The summed E-state index contributed by atoms with van der Waals surface area (Å²) in [6, 6.07) is 0. The molecule has 29 heavy (non-hydrogen) atoms.